The van der Waals surface area contributed by atoms with Crippen molar-refractivity contribution < 1.29 is 23.8 Å². The molecule has 0 radical (unpaired) electrons. The van der Waals surface area contributed by atoms with Gasteiger partial charge in [-0.3, -0.25) is 4.79 Å². The zero-order valence-corrected chi connectivity index (χ0v) is 14.0. The zero-order valence-electron chi connectivity index (χ0n) is 14.0. The number of fused-ring (bicyclic) bond motifs is 3. The predicted octanol–water partition coefficient (Wildman–Crippen LogP) is 2.46. The lowest BCUT2D eigenvalue weighted by molar-refractivity contribution is -0.173. The fourth-order valence-electron chi connectivity index (χ4n) is 3.82. The maximum absolute atomic E-state index is 12.3. The van der Waals surface area contributed by atoms with Crippen LogP contribution in [0.5, 0.6) is 0 Å². The Hall–Kier alpha value is -1.10. The molecule has 0 amide bonds. The molecule has 0 spiro atoms. The topological polar surface area (TPSA) is 61.8 Å². The van der Waals surface area contributed by atoms with Crippen LogP contribution in [0.3, 0.4) is 0 Å². The summed E-state index contributed by atoms with van der Waals surface area (Å²) in [5, 5.41) is 0. The Labute approximate surface area is 131 Å². The van der Waals surface area contributed by atoms with Crippen LogP contribution in [0.1, 0.15) is 53.9 Å². The van der Waals surface area contributed by atoms with Gasteiger partial charge in [0.1, 0.15) is 12.2 Å². The van der Waals surface area contributed by atoms with Gasteiger partial charge in [0.2, 0.25) is 6.10 Å². The largest absolute Gasteiger partial charge is 0.456 e. The lowest BCUT2D eigenvalue weighted by Crippen LogP contribution is -2.39. The third-order valence-corrected chi connectivity index (χ3v) is 5.55. The fourth-order valence-corrected chi connectivity index (χ4v) is 3.82. The van der Waals surface area contributed by atoms with E-state index in [-0.39, 0.29) is 29.5 Å². The van der Waals surface area contributed by atoms with E-state index in [9.17, 15) is 9.59 Å². The van der Waals surface area contributed by atoms with Gasteiger partial charge in [-0.15, -0.1) is 0 Å². The second kappa shape index (κ2) is 4.95. The molecule has 0 N–H and O–H groups in total. The molecule has 3 rings (SSSR count). The number of ether oxygens (including phenoxy) is 3. The van der Waals surface area contributed by atoms with Crippen LogP contribution >= 0.6 is 0 Å². The highest BCUT2D eigenvalue weighted by Crippen LogP contribution is 2.52. The Morgan fingerprint density at radius 2 is 2.00 bits per heavy atom. The molecule has 2 heterocycles. The second-order valence-corrected chi connectivity index (χ2v) is 8.34. The van der Waals surface area contributed by atoms with E-state index in [1.165, 1.54) is 0 Å². The van der Waals surface area contributed by atoms with E-state index in [0.717, 1.165) is 12.8 Å². The highest BCUT2D eigenvalue weighted by atomic mass is 16.7. The van der Waals surface area contributed by atoms with Gasteiger partial charge in [0.15, 0.2) is 0 Å². The second-order valence-electron chi connectivity index (χ2n) is 8.34. The molecule has 3 fully saturated rings. The fraction of sp³-hybridized carbons (Fsp3) is 0.882. The quantitative estimate of drug-likeness (QED) is 0.749. The molecule has 1 saturated carbocycles. The third-order valence-electron chi connectivity index (χ3n) is 5.55. The lowest BCUT2D eigenvalue weighted by atomic mass is 9.88. The van der Waals surface area contributed by atoms with Crippen LogP contribution in [0.2, 0.25) is 0 Å². The van der Waals surface area contributed by atoms with Crippen LogP contribution in [0.4, 0.5) is 0 Å². The minimum Gasteiger partial charge on any atom is -0.456 e. The van der Waals surface area contributed by atoms with Crippen molar-refractivity contribution in [2.24, 2.45) is 16.7 Å². The standard InChI is InChI=1S/C17H26O5/c1-6-17(4,5)15(19)22-13-12-11(21-14(13)18)9-7-16(2,3)8-10(9)20-12/h9-13H,6-8H2,1-5H3. The van der Waals surface area contributed by atoms with Crippen LogP contribution in [-0.4, -0.2) is 36.4 Å². The first-order valence-electron chi connectivity index (χ1n) is 8.22. The Balaban J connectivity index is 1.72. The molecule has 1 aliphatic carbocycles. The summed E-state index contributed by atoms with van der Waals surface area (Å²) in [6.45, 7) is 9.98. The average molecular weight is 310 g/mol. The minimum atomic E-state index is -0.906. The first kappa shape index (κ1) is 15.8. The smallest absolute Gasteiger partial charge is 0.350 e. The van der Waals surface area contributed by atoms with Crippen LogP contribution in [0.25, 0.3) is 0 Å². The summed E-state index contributed by atoms with van der Waals surface area (Å²) in [6.07, 6.45) is 1.10. The summed E-state index contributed by atoms with van der Waals surface area (Å²) in [6, 6.07) is 0. The van der Waals surface area contributed by atoms with Gasteiger partial charge >= 0.3 is 11.9 Å². The van der Waals surface area contributed by atoms with Crippen LogP contribution in [-0.2, 0) is 23.8 Å². The van der Waals surface area contributed by atoms with Crippen molar-refractivity contribution in [3.63, 3.8) is 0 Å². The van der Waals surface area contributed by atoms with E-state index in [0.29, 0.717) is 6.42 Å². The molecule has 5 unspecified atom stereocenters. The summed E-state index contributed by atoms with van der Waals surface area (Å²) in [5.74, 6) is -0.594. The predicted molar refractivity (Wildman–Crippen MR) is 79.0 cm³/mol. The van der Waals surface area contributed by atoms with Gasteiger partial charge < -0.3 is 14.2 Å². The Morgan fingerprint density at radius 1 is 1.32 bits per heavy atom. The van der Waals surface area contributed by atoms with Gasteiger partial charge in [-0.1, -0.05) is 20.8 Å². The van der Waals surface area contributed by atoms with E-state index in [4.69, 9.17) is 14.2 Å². The molecule has 0 aromatic heterocycles. The first-order chi connectivity index (χ1) is 10.1. The summed E-state index contributed by atoms with van der Waals surface area (Å²) in [7, 11) is 0. The highest BCUT2D eigenvalue weighted by molar-refractivity contribution is 5.84. The molecule has 0 aromatic carbocycles. The Kier molecular flexibility index (Phi) is 3.55. The first-order valence-corrected chi connectivity index (χ1v) is 8.22. The summed E-state index contributed by atoms with van der Waals surface area (Å²) >= 11 is 0. The van der Waals surface area contributed by atoms with E-state index < -0.39 is 23.6 Å². The van der Waals surface area contributed by atoms with E-state index in [1.54, 1.807) is 0 Å². The summed E-state index contributed by atoms with van der Waals surface area (Å²) in [4.78, 5) is 24.4. The van der Waals surface area contributed by atoms with Gasteiger partial charge in [-0.05, 0) is 38.5 Å². The van der Waals surface area contributed by atoms with Crippen molar-refractivity contribution in [2.45, 2.75) is 78.3 Å². The molecule has 2 saturated heterocycles. The van der Waals surface area contributed by atoms with Crippen molar-refractivity contribution in [1.82, 2.24) is 0 Å². The SMILES string of the molecule is CCC(C)(C)C(=O)OC1C(=O)OC2C3CC(C)(C)CC3OC12. The molecule has 5 heteroatoms. The monoisotopic (exact) mass is 310 g/mol. The molecular weight excluding hydrogens is 284 g/mol. The number of hydrogen-bond acceptors (Lipinski definition) is 5. The highest BCUT2D eigenvalue weighted by Gasteiger charge is 2.62. The van der Waals surface area contributed by atoms with Gasteiger partial charge in [-0.2, -0.15) is 0 Å². The molecule has 5 nitrogen and oxygen atoms in total. The van der Waals surface area contributed by atoms with Crippen molar-refractivity contribution >= 4 is 11.9 Å². The number of carbonyl (C=O) groups is 2. The molecule has 124 valence electrons. The summed E-state index contributed by atoms with van der Waals surface area (Å²) < 4.78 is 17.0. The number of carbonyl (C=O) groups excluding carboxylic acids is 2. The van der Waals surface area contributed by atoms with Crippen LogP contribution in [0.15, 0.2) is 0 Å². The Bertz CT molecular complexity index is 495. The molecule has 2 aliphatic heterocycles. The van der Waals surface area contributed by atoms with Gasteiger partial charge in [0, 0.05) is 5.92 Å². The summed E-state index contributed by atoms with van der Waals surface area (Å²) in [5.41, 5.74) is -0.388. The number of rotatable bonds is 3. The van der Waals surface area contributed by atoms with Crippen molar-refractivity contribution in [2.75, 3.05) is 0 Å². The number of hydrogen-bond donors (Lipinski definition) is 0. The van der Waals surface area contributed by atoms with Crippen molar-refractivity contribution in [1.29, 1.82) is 0 Å². The van der Waals surface area contributed by atoms with Gasteiger partial charge in [-0.25, -0.2) is 4.79 Å². The van der Waals surface area contributed by atoms with E-state index >= 15 is 0 Å². The number of esters is 2. The van der Waals surface area contributed by atoms with E-state index in [2.05, 4.69) is 13.8 Å². The third kappa shape index (κ3) is 2.43. The normalized spacial score (nSPS) is 39.3. The maximum Gasteiger partial charge on any atom is 0.350 e. The van der Waals surface area contributed by atoms with Crippen molar-refractivity contribution in [3.05, 3.63) is 0 Å². The lowest BCUT2D eigenvalue weighted by Gasteiger charge is -2.25. The average Bonchev–Trinajstić information content (AvgIpc) is 2.98. The minimum absolute atomic E-state index is 0.110. The maximum atomic E-state index is 12.3. The molecule has 0 aromatic rings. The molecule has 22 heavy (non-hydrogen) atoms. The van der Waals surface area contributed by atoms with Gasteiger partial charge in [0.25, 0.3) is 0 Å². The molecule has 0 bridgehead atoms. The van der Waals surface area contributed by atoms with Crippen LogP contribution < -0.4 is 0 Å². The zero-order chi connectivity index (χ0) is 16.3. The van der Waals surface area contributed by atoms with Gasteiger partial charge in [0.05, 0.1) is 11.5 Å². The van der Waals surface area contributed by atoms with E-state index in [1.807, 2.05) is 20.8 Å². The molecule has 3 aliphatic rings. The molecular formula is C17H26O5. The Morgan fingerprint density at radius 3 is 2.64 bits per heavy atom. The van der Waals surface area contributed by atoms with Crippen LogP contribution in [0, 0.1) is 16.7 Å². The van der Waals surface area contributed by atoms with Crippen molar-refractivity contribution in [3.8, 4) is 0 Å². The molecule has 5 atom stereocenters.